The summed E-state index contributed by atoms with van der Waals surface area (Å²) in [6.07, 6.45) is 4.68. The third-order valence-electron chi connectivity index (χ3n) is 3.04. The molecule has 0 saturated carbocycles. The van der Waals surface area contributed by atoms with Gasteiger partial charge in [-0.3, -0.25) is 4.89 Å². The zero-order valence-corrected chi connectivity index (χ0v) is 13.8. The summed E-state index contributed by atoms with van der Waals surface area (Å²) in [5.74, 6) is -0.261. The van der Waals surface area contributed by atoms with E-state index in [1.807, 2.05) is 20.8 Å². The predicted octanol–water partition coefficient (Wildman–Crippen LogP) is 4.89. The molecule has 0 aromatic carbocycles. The number of rotatable bonds is 8. The lowest BCUT2D eigenvalue weighted by molar-refractivity contribution is -0.332. The number of carbonyl (C=O) groups is 1. The summed E-state index contributed by atoms with van der Waals surface area (Å²) in [6, 6.07) is 0. The van der Waals surface area contributed by atoms with Crippen molar-refractivity contribution in [1.29, 1.82) is 0 Å². The molecule has 0 fully saturated rings. The maximum absolute atomic E-state index is 11.9. The van der Waals surface area contributed by atoms with Gasteiger partial charge < -0.3 is 0 Å². The highest BCUT2D eigenvalue weighted by Gasteiger charge is 2.30. The molecule has 0 spiro atoms. The van der Waals surface area contributed by atoms with Crippen molar-refractivity contribution in [2.75, 3.05) is 0 Å². The largest absolute Gasteiger partial charge is 0.345 e. The lowest BCUT2D eigenvalue weighted by Gasteiger charge is -2.30. The van der Waals surface area contributed by atoms with Gasteiger partial charge in [-0.2, -0.15) is 4.89 Å². The van der Waals surface area contributed by atoms with E-state index in [4.69, 9.17) is 9.78 Å². The van der Waals surface area contributed by atoms with Gasteiger partial charge in [0.25, 0.3) is 0 Å². The van der Waals surface area contributed by atoms with Crippen molar-refractivity contribution in [1.82, 2.24) is 0 Å². The first-order valence-corrected chi connectivity index (χ1v) is 7.51. The Morgan fingerprint density at radius 1 is 1.11 bits per heavy atom. The Morgan fingerprint density at radius 2 is 1.68 bits per heavy atom. The molecule has 0 saturated heterocycles. The van der Waals surface area contributed by atoms with Crippen LogP contribution in [0.25, 0.3) is 0 Å². The molecule has 0 aliphatic heterocycles. The Bertz CT molecular complexity index is 264. The van der Waals surface area contributed by atoms with Crippen molar-refractivity contribution in [3.05, 3.63) is 0 Å². The van der Waals surface area contributed by atoms with Gasteiger partial charge in [-0.25, -0.2) is 4.79 Å². The average Bonchev–Trinajstić information content (AvgIpc) is 2.24. The van der Waals surface area contributed by atoms with Crippen molar-refractivity contribution in [3.63, 3.8) is 0 Å². The number of hydrogen-bond donors (Lipinski definition) is 0. The summed E-state index contributed by atoms with van der Waals surface area (Å²) in [5.41, 5.74) is -0.306. The molecule has 0 aromatic rings. The summed E-state index contributed by atoms with van der Waals surface area (Å²) < 4.78 is 0. The van der Waals surface area contributed by atoms with Gasteiger partial charge in [0, 0.05) is 0 Å². The predicted molar refractivity (Wildman–Crippen MR) is 78.6 cm³/mol. The average molecular weight is 272 g/mol. The second kappa shape index (κ2) is 7.88. The van der Waals surface area contributed by atoms with Gasteiger partial charge in [0.2, 0.25) is 0 Å². The molecule has 0 aliphatic carbocycles. The Kier molecular flexibility index (Phi) is 7.65. The molecule has 114 valence electrons. The van der Waals surface area contributed by atoms with E-state index in [1.54, 1.807) is 0 Å². The Hall–Kier alpha value is -0.570. The second-order valence-corrected chi connectivity index (χ2v) is 7.23. The van der Waals surface area contributed by atoms with E-state index in [9.17, 15) is 4.79 Å². The molecule has 3 heteroatoms. The van der Waals surface area contributed by atoms with E-state index in [1.165, 1.54) is 0 Å². The lowest BCUT2D eigenvalue weighted by atomic mass is 9.84. The van der Waals surface area contributed by atoms with Gasteiger partial charge in [0.1, 0.15) is 5.60 Å². The number of carbonyl (C=O) groups excluding carboxylic acids is 1. The molecule has 0 radical (unpaired) electrons. The molecular formula is C16H32O3. The van der Waals surface area contributed by atoms with E-state index >= 15 is 0 Å². The molecule has 19 heavy (non-hydrogen) atoms. The van der Waals surface area contributed by atoms with E-state index in [0.29, 0.717) is 0 Å². The van der Waals surface area contributed by atoms with Crippen LogP contribution in [0.15, 0.2) is 0 Å². The van der Waals surface area contributed by atoms with Gasteiger partial charge in [-0.05, 0) is 38.5 Å². The summed E-state index contributed by atoms with van der Waals surface area (Å²) in [4.78, 5) is 22.4. The van der Waals surface area contributed by atoms with E-state index in [2.05, 4.69) is 27.7 Å². The van der Waals surface area contributed by atoms with Crippen molar-refractivity contribution >= 4 is 5.97 Å². The fraction of sp³-hybridized carbons (Fsp3) is 0.938. The molecule has 0 aliphatic rings. The standard InChI is InChI=1S/C16H32O3/c1-8-10-11-13(9-2)14(17)18-19-16(6,7)12-15(3,4)5/h13H,8-12H2,1-7H3/t13-/m1/s1. The summed E-state index contributed by atoms with van der Waals surface area (Å²) in [6.45, 7) is 14.5. The van der Waals surface area contributed by atoms with Crippen LogP contribution >= 0.6 is 0 Å². The summed E-state index contributed by atoms with van der Waals surface area (Å²) in [7, 11) is 0. The first kappa shape index (κ1) is 18.4. The first-order valence-electron chi connectivity index (χ1n) is 7.51. The highest BCUT2D eigenvalue weighted by molar-refractivity contribution is 5.71. The van der Waals surface area contributed by atoms with Gasteiger partial charge >= 0.3 is 5.97 Å². The van der Waals surface area contributed by atoms with Crippen LogP contribution in [-0.4, -0.2) is 11.6 Å². The Morgan fingerprint density at radius 3 is 2.11 bits per heavy atom. The molecule has 0 rings (SSSR count). The monoisotopic (exact) mass is 272 g/mol. The van der Waals surface area contributed by atoms with Gasteiger partial charge in [0.05, 0.1) is 5.92 Å². The molecule has 0 amide bonds. The lowest BCUT2D eigenvalue weighted by Crippen LogP contribution is -2.32. The van der Waals surface area contributed by atoms with Crippen LogP contribution in [-0.2, 0) is 14.6 Å². The molecular weight excluding hydrogens is 240 g/mol. The normalized spacial score (nSPS) is 14.3. The Labute approximate surface area is 119 Å². The van der Waals surface area contributed by atoms with Crippen LogP contribution in [0.4, 0.5) is 0 Å². The third-order valence-corrected chi connectivity index (χ3v) is 3.04. The maximum atomic E-state index is 11.9. The third kappa shape index (κ3) is 9.04. The van der Waals surface area contributed by atoms with E-state index in [0.717, 1.165) is 32.1 Å². The van der Waals surface area contributed by atoms with Crippen LogP contribution in [0.3, 0.4) is 0 Å². The molecule has 0 bridgehead atoms. The van der Waals surface area contributed by atoms with Crippen molar-refractivity contribution in [3.8, 4) is 0 Å². The van der Waals surface area contributed by atoms with E-state index in [-0.39, 0.29) is 17.3 Å². The van der Waals surface area contributed by atoms with Crippen molar-refractivity contribution in [2.45, 2.75) is 86.2 Å². The van der Waals surface area contributed by atoms with Gasteiger partial charge in [-0.1, -0.05) is 47.5 Å². The zero-order chi connectivity index (χ0) is 15.1. The molecule has 0 heterocycles. The van der Waals surface area contributed by atoms with E-state index < -0.39 is 5.60 Å². The Balaban J connectivity index is 4.25. The van der Waals surface area contributed by atoms with Gasteiger partial charge in [-0.15, -0.1) is 0 Å². The highest BCUT2D eigenvalue weighted by atomic mass is 17.2. The number of hydrogen-bond acceptors (Lipinski definition) is 3. The summed E-state index contributed by atoms with van der Waals surface area (Å²) in [5, 5.41) is 0. The van der Waals surface area contributed by atoms with Crippen LogP contribution in [0.2, 0.25) is 0 Å². The van der Waals surface area contributed by atoms with Crippen LogP contribution in [0.5, 0.6) is 0 Å². The highest BCUT2D eigenvalue weighted by Crippen LogP contribution is 2.30. The fourth-order valence-electron chi connectivity index (χ4n) is 2.47. The maximum Gasteiger partial charge on any atom is 0.345 e. The molecule has 0 N–H and O–H groups in total. The number of unbranched alkanes of at least 4 members (excludes halogenated alkanes) is 1. The van der Waals surface area contributed by atoms with Gasteiger partial charge in [0.15, 0.2) is 0 Å². The SMILES string of the molecule is CCCC[C@@H](CC)C(=O)OOC(C)(C)CC(C)(C)C. The first-order chi connectivity index (χ1) is 8.61. The van der Waals surface area contributed by atoms with Crippen molar-refractivity contribution < 1.29 is 14.6 Å². The smallest absolute Gasteiger partial charge is 0.298 e. The minimum absolute atomic E-state index is 0.0367. The summed E-state index contributed by atoms with van der Waals surface area (Å²) >= 11 is 0. The minimum Gasteiger partial charge on any atom is -0.298 e. The minimum atomic E-state index is -0.447. The quantitative estimate of drug-likeness (QED) is 0.466. The molecule has 0 aromatic heterocycles. The van der Waals surface area contributed by atoms with Crippen LogP contribution in [0, 0.1) is 11.3 Å². The molecule has 3 nitrogen and oxygen atoms in total. The van der Waals surface area contributed by atoms with Crippen LogP contribution < -0.4 is 0 Å². The van der Waals surface area contributed by atoms with Crippen molar-refractivity contribution in [2.24, 2.45) is 11.3 Å². The topological polar surface area (TPSA) is 35.5 Å². The fourth-order valence-corrected chi connectivity index (χ4v) is 2.47. The molecule has 1 atom stereocenters. The molecule has 0 unspecified atom stereocenters. The van der Waals surface area contributed by atoms with Crippen LogP contribution in [0.1, 0.15) is 80.6 Å². The zero-order valence-electron chi connectivity index (χ0n) is 13.8. The second-order valence-electron chi connectivity index (χ2n) is 7.23.